The molecule has 0 aromatic carbocycles. The van der Waals surface area contributed by atoms with Gasteiger partial charge in [0.15, 0.2) is 15.7 Å². The summed E-state index contributed by atoms with van der Waals surface area (Å²) < 4.78 is 29.8. The van der Waals surface area contributed by atoms with Crippen LogP contribution in [0, 0.1) is 6.92 Å². The van der Waals surface area contributed by atoms with Crippen LogP contribution in [0.1, 0.15) is 17.4 Å². The summed E-state index contributed by atoms with van der Waals surface area (Å²) in [5.74, 6) is 1.52. The van der Waals surface area contributed by atoms with Crippen molar-refractivity contribution in [1.82, 2.24) is 24.9 Å². The summed E-state index contributed by atoms with van der Waals surface area (Å²) in [7, 11) is -3.04. The first-order valence-corrected chi connectivity index (χ1v) is 10.2. The quantitative estimate of drug-likeness (QED) is 0.764. The molecule has 0 N–H and O–H groups in total. The SMILES string of the molecule is Cc1noc(CN2CCN(Cc3ccccn3)C3CS(=O)(=O)CC32)n1. The van der Waals surface area contributed by atoms with E-state index in [1.54, 1.807) is 13.1 Å². The lowest BCUT2D eigenvalue weighted by molar-refractivity contribution is 0.0289. The summed E-state index contributed by atoms with van der Waals surface area (Å²) in [5.41, 5.74) is 0.964. The Hall–Kier alpha value is -1.84. The number of fused-ring (bicyclic) bond motifs is 1. The maximum Gasteiger partial charge on any atom is 0.240 e. The predicted molar refractivity (Wildman–Crippen MR) is 90.3 cm³/mol. The van der Waals surface area contributed by atoms with Crippen molar-refractivity contribution < 1.29 is 12.9 Å². The molecule has 0 spiro atoms. The van der Waals surface area contributed by atoms with Crippen LogP contribution < -0.4 is 0 Å². The third kappa shape index (κ3) is 3.58. The Bertz CT molecular complexity index is 838. The third-order valence-electron chi connectivity index (χ3n) is 4.91. The van der Waals surface area contributed by atoms with Gasteiger partial charge in [-0.15, -0.1) is 0 Å². The van der Waals surface area contributed by atoms with Crippen LogP contribution in [0.3, 0.4) is 0 Å². The number of sulfone groups is 1. The van der Waals surface area contributed by atoms with Crippen molar-refractivity contribution in [3.8, 4) is 0 Å². The molecule has 8 nitrogen and oxygen atoms in total. The summed E-state index contributed by atoms with van der Waals surface area (Å²) in [4.78, 5) is 13.0. The molecular formula is C16H21N5O3S. The summed E-state index contributed by atoms with van der Waals surface area (Å²) >= 11 is 0. The van der Waals surface area contributed by atoms with Gasteiger partial charge in [0.05, 0.1) is 23.7 Å². The Morgan fingerprint density at radius 2 is 1.88 bits per heavy atom. The van der Waals surface area contributed by atoms with Crippen molar-refractivity contribution in [3.63, 3.8) is 0 Å². The summed E-state index contributed by atoms with van der Waals surface area (Å²) in [5, 5.41) is 3.82. The minimum absolute atomic E-state index is 0.0234. The second-order valence-electron chi connectivity index (χ2n) is 6.71. The molecule has 2 fully saturated rings. The molecule has 4 heterocycles. The number of aryl methyl sites for hydroxylation is 1. The normalized spacial score (nSPS) is 26.6. The Kier molecular flexibility index (Phi) is 4.30. The molecule has 2 aromatic heterocycles. The summed E-state index contributed by atoms with van der Waals surface area (Å²) in [6.07, 6.45) is 1.77. The molecule has 2 aliphatic heterocycles. The van der Waals surface area contributed by atoms with Crippen molar-refractivity contribution in [3.05, 3.63) is 41.8 Å². The number of nitrogens with zero attached hydrogens (tertiary/aromatic N) is 5. The average molecular weight is 363 g/mol. The average Bonchev–Trinajstić information content (AvgIpc) is 3.13. The fourth-order valence-corrected chi connectivity index (χ4v) is 5.81. The minimum Gasteiger partial charge on any atom is -0.338 e. The molecule has 0 saturated carbocycles. The van der Waals surface area contributed by atoms with Crippen LogP contribution in [0.15, 0.2) is 28.9 Å². The summed E-state index contributed by atoms with van der Waals surface area (Å²) in [6.45, 7) is 4.51. The van der Waals surface area contributed by atoms with Crippen molar-refractivity contribution >= 4 is 9.84 Å². The fourth-order valence-electron chi connectivity index (χ4n) is 3.77. The lowest BCUT2D eigenvalue weighted by Crippen LogP contribution is -2.58. The van der Waals surface area contributed by atoms with E-state index in [9.17, 15) is 8.42 Å². The Morgan fingerprint density at radius 3 is 2.48 bits per heavy atom. The molecule has 2 atom stereocenters. The lowest BCUT2D eigenvalue weighted by Gasteiger charge is -2.43. The molecule has 0 aliphatic carbocycles. The number of rotatable bonds is 4. The number of hydrogen-bond donors (Lipinski definition) is 0. The third-order valence-corrected chi connectivity index (χ3v) is 6.60. The van der Waals surface area contributed by atoms with Crippen LogP contribution in [0.4, 0.5) is 0 Å². The van der Waals surface area contributed by atoms with Gasteiger partial charge in [-0.1, -0.05) is 11.2 Å². The highest BCUT2D eigenvalue weighted by Gasteiger charge is 2.46. The second-order valence-corrected chi connectivity index (χ2v) is 8.86. The molecule has 0 radical (unpaired) electrons. The van der Waals surface area contributed by atoms with Crippen molar-refractivity contribution in [2.45, 2.75) is 32.1 Å². The molecular weight excluding hydrogens is 342 g/mol. The maximum absolute atomic E-state index is 12.3. The van der Waals surface area contributed by atoms with E-state index in [4.69, 9.17) is 4.52 Å². The highest BCUT2D eigenvalue weighted by Crippen LogP contribution is 2.28. The van der Waals surface area contributed by atoms with Gasteiger partial charge < -0.3 is 4.52 Å². The number of pyridine rings is 1. The highest BCUT2D eigenvalue weighted by atomic mass is 32.2. The van der Waals surface area contributed by atoms with E-state index in [1.807, 2.05) is 18.2 Å². The Morgan fingerprint density at radius 1 is 1.16 bits per heavy atom. The van der Waals surface area contributed by atoms with Crippen molar-refractivity contribution in [2.24, 2.45) is 0 Å². The molecule has 0 bridgehead atoms. The lowest BCUT2D eigenvalue weighted by atomic mass is 10.0. The predicted octanol–water partition coefficient (Wildman–Crippen LogP) is 0.256. The Labute approximate surface area is 146 Å². The molecule has 0 amide bonds. The van der Waals surface area contributed by atoms with E-state index in [0.717, 1.165) is 18.8 Å². The van der Waals surface area contributed by atoms with Gasteiger partial charge in [0.2, 0.25) is 5.89 Å². The first-order valence-electron chi connectivity index (χ1n) is 8.38. The van der Waals surface area contributed by atoms with Crippen LogP contribution in [0.5, 0.6) is 0 Å². The van der Waals surface area contributed by atoms with Gasteiger partial charge in [0, 0.05) is 37.9 Å². The smallest absolute Gasteiger partial charge is 0.240 e. The first-order chi connectivity index (χ1) is 12.0. The van der Waals surface area contributed by atoms with E-state index in [1.165, 1.54) is 0 Å². The topological polar surface area (TPSA) is 92.4 Å². The van der Waals surface area contributed by atoms with Crippen molar-refractivity contribution in [2.75, 3.05) is 24.6 Å². The zero-order chi connectivity index (χ0) is 17.4. The van der Waals surface area contributed by atoms with Crippen LogP contribution in [0.2, 0.25) is 0 Å². The standard InChI is InChI=1S/C16H21N5O3S/c1-12-18-16(24-19-12)9-21-7-6-20(8-13-4-2-3-5-17-13)14-10-25(22,23)11-15(14)21/h2-5,14-15H,6-11H2,1H3. The molecule has 2 aromatic rings. The number of aromatic nitrogens is 3. The van der Waals surface area contributed by atoms with Gasteiger partial charge in [-0.25, -0.2) is 8.42 Å². The summed E-state index contributed by atoms with van der Waals surface area (Å²) in [6, 6.07) is 5.75. The zero-order valence-electron chi connectivity index (χ0n) is 14.1. The zero-order valence-corrected chi connectivity index (χ0v) is 14.9. The molecule has 4 rings (SSSR count). The van der Waals surface area contributed by atoms with E-state index >= 15 is 0 Å². The van der Waals surface area contributed by atoms with Crippen LogP contribution in [0.25, 0.3) is 0 Å². The minimum atomic E-state index is -3.04. The fraction of sp³-hybridized carbons (Fsp3) is 0.562. The molecule has 2 aliphatic rings. The van der Waals surface area contributed by atoms with E-state index < -0.39 is 9.84 Å². The van der Waals surface area contributed by atoms with Crippen LogP contribution in [-0.2, 0) is 22.9 Å². The molecule has 9 heteroatoms. The van der Waals surface area contributed by atoms with Crippen molar-refractivity contribution in [1.29, 1.82) is 0 Å². The van der Waals surface area contributed by atoms with Crippen LogP contribution >= 0.6 is 0 Å². The van der Waals surface area contributed by atoms with Gasteiger partial charge in [0.1, 0.15) is 0 Å². The van der Waals surface area contributed by atoms with Gasteiger partial charge in [-0.05, 0) is 19.1 Å². The van der Waals surface area contributed by atoms with E-state index in [-0.39, 0.29) is 23.6 Å². The highest BCUT2D eigenvalue weighted by molar-refractivity contribution is 7.91. The van der Waals surface area contributed by atoms with E-state index in [2.05, 4.69) is 24.9 Å². The van der Waals surface area contributed by atoms with Gasteiger partial charge in [0.25, 0.3) is 0 Å². The molecule has 2 saturated heterocycles. The monoisotopic (exact) mass is 363 g/mol. The van der Waals surface area contributed by atoms with E-state index in [0.29, 0.717) is 24.8 Å². The number of hydrogen-bond acceptors (Lipinski definition) is 8. The number of piperazine rings is 1. The first kappa shape index (κ1) is 16.6. The van der Waals surface area contributed by atoms with Gasteiger partial charge in [-0.2, -0.15) is 4.98 Å². The molecule has 25 heavy (non-hydrogen) atoms. The van der Waals surface area contributed by atoms with Crippen LogP contribution in [-0.4, -0.2) is 70.0 Å². The second kappa shape index (κ2) is 6.47. The Balaban J connectivity index is 1.53. The van der Waals surface area contributed by atoms with Gasteiger partial charge in [-0.3, -0.25) is 14.8 Å². The maximum atomic E-state index is 12.3. The molecule has 134 valence electrons. The molecule has 2 unspecified atom stereocenters. The largest absolute Gasteiger partial charge is 0.338 e. The van der Waals surface area contributed by atoms with Gasteiger partial charge >= 0.3 is 0 Å².